The maximum Gasteiger partial charge on any atom is 0.221 e. The van der Waals surface area contributed by atoms with Crippen molar-refractivity contribution >= 4 is 33.1 Å². The first kappa shape index (κ1) is 12.4. The third-order valence-electron chi connectivity index (χ3n) is 3.26. The van der Waals surface area contributed by atoms with Crippen LogP contribution in [0.1, 0.15) is 6.92 Å². The van der Waals surface area contributed by atoms with Gasteiger partial charge < -0.3 is 5.32 Å². The van der Waals surface area contributed by atoms with Crippen LogP contribution in [0.4, 0.5) is 5.69 Å². The standard InChI is InChI=1S/C17H13NO2/c1-11(19)18-14-8-9-16-13(10-14)7-6-12-4-2-3-5-15(12)17(16)20/h2-10H,1H3,(H,18,19). The molecule has 0 heterocycles. The van der Waals surface area contributed by atoms with Gasteiger partial charge >= 0.3 is 0 Å². The Balaban J connectivity index is 2.36. The van der Waals surface area contributed by atoms with E-state index in [1.165, 1.54) is 6.92 Å². The number of nitrogens with one attached hydrogen (secondary N) is 1. The van der Waals surface area contributed by atoms with Crippen molar-refractivity contribution in [1.29, 1.82) is 0 Å². The summed E-state index contributed by atoms with van der Waals surface area (Å²) in [6, 6.07) is 16.7. The van der Waals surface area contributed by atoms with Crippen LogP contribution in [0.3, 0.4) is 0 Å². The predicted octanol–water partition coefficient (Wildman–Crippen LogP) is 3.31. The fourth-order valence-corrected chi connectivity index (χ4v) is 2.36. The van der Waals surface area contributed by atoms with Crippen molar-refractivity contribution in [3.8, 4) is 0 Å². The number of hydrogen-bond donors (Lipinski definition) is 1. The monoisotopic (exact) mass is 263 g/mol. The van der Waals surface area contributed by atoms with Crippen LogP contribution in [-0.2, 0) is 4.79 Å². The van der Waals surface area contributed by atoms with E-state index in [9.17, 15) is 9.59 Å². The van der Waals surface area contributed by atoms with Crippen LogP contribution >= 0.6 is 0 Å². The Hall–Kier alpha value is -2.68. The highest BCUT2D eigenvalue weighted by Crippen LogP contribution is 2.19. The van der Waals surface area contributed by atoms with Gasteiger partial charge in [0.05, 0.1) is 0 Å². The summed E-state index contributed by atoms with van der Waals surface area (Å²) < 4.78 is 0. The van der Waals surface area contributed by atoms with Crippen LogP contribution < -0.4 is 10.7 Å². The van der Waals surface area contributed by atoms with Gasteiger partial charge in [-0.3, -0.25) is 9.59 Å². The number of fused-ring (bicyclic) bond motifs is 2. The average Bonchev–Trinajstić information content (AvgIpc) is 2.57. The normalized spacial score (nSPS) is 10.7. The van der Waals surface area contributed by atoms with Crippen LogP contribution in [0.2, 0.25) is 0 Å². The van der Waals surface area contributed by atoms with Gasteiger partial charge in [-0.2, -0.15) is 0 Å². The zero-order valence-electron chi connectivity index (χ0n) is 11.0. The Morgan fingerprint density at radius 3 is 2.40 bits per heavy atom. The number of carbonyl (C=O) groups excluding carboxylic acids is 1. The molecule has 1 N–H and O–H groups in total. The molecule has 0 radical (unpaired) electrons. The van der Waals surface area contributed by atoms with Crippen molar-refractivity contribution in [3.05, 3.63) is 64.8 Å². The first-order valence-electron chi connectivity index (χ1n) is 6.38. The lowest BCUT2D eigenvalue weighted by Crippen LogP contribution is -2.06. The summed E-state index contributed by atoms with van der Waals surface area (Å²) >= 11 is 0. The molecule has 0 unspecified atom stereocenters. The molecule has 0 aliphatic heterocycles. The summed E-state index contributed by atoms with van der Waals surface area (Å²) in [5.74, 6) is -0.128. The summed E-state index contributed by atoms with van der Waals surface area (Å²) in [4.78, 5) is 23.6. The van der Waals surface area contributed by atoms with Gasteiger partial charge in [-0.1, -0.05) is 36.4 Å². The van der Waals surface area contributed by atoms with Crippen molar-refractivity contribution in [2.24, 2.45) is 0 Å². The minimum Gasteiger partial charge on any atom is -0.326 e. The van der Waals surface area contributed by atoms with Gasteiger partial charge in [0.2, 0.25) is 5.91 Å². The van der Waals surface area contributed by atoms with Gasteiger partial charge in [-0.15, -0.1) is 0 Å². The van der Waals surface area contributed by atoms with E-state index in [4.69, 9.17) is 0 Å². The zero-order valence-corrected chi connectivity index (χ0v) is 11.0. The van der Waals surface area contributed by atoms with E-state index in [1.807, 2.05) is 42.5 Å². The lowest BCUT2D eigenvalue weighted by atomic mass is 10.1. The quantitative estimate of drug-likeness (QED) is 0.732. The van der Waals surface area contributed by atoms with E-state index in [2.05, 4.69) is 5.32 Å². The van der Waals surface area contributed by atoms with Gasteiger partial charge in [0.15, 0.2) is 5.43 Å². The van der Waals surface area contributed by atoms with E-state index >= 15 is 0 Å². The Morgan fingerprint density at radius 2 is 1.60 bits per heavy atom. The van der Waals surface area contributed by atoms with E-state index in [0.717, 1.165) is 10.8 Å². The molecule has 3 heteroatoms. The van der Waals surface area contributed by atoms with Gasteiger partial charge in [0, 0.05) is 23.4 Å². The first-order valence-corrected chi connectivity index (χ1v) is 6.38. The molecule has 20 heavy (non-hydrogen) atoms. The van der Waals surface area contributed by atoms with Crippen molar-refractivity contribution in [2.45, 2.75) is 6.92 Å². The first-order chi connectivity index (χ1) is 9.65. The Morgan fingerprint density at radius 1 is 0.900 bits per heavy atom. The third kappa shape index (κ3) is 2.14. The van der Waals surface area contributed by atoms with Gasteiger partial charge in [-0.05, 0) is 29.0 Å². The molecule has 0 aromatic heterocycles. The molecule has 0 saturated carbocycles. The number of anilines is 1. The lowest BCUT2D eigenvalue weighted by Gasteiger charge is -2.01. The topological polar surface area (TPSA) is 46.2 Å². The van der Waals surface area contributed by atoms with Crippen LogP contribution in [0, 0.1) is 0 Å². The molecule has 0 spiro atoms. The molecule has 3 aromatic carbocycles. The molecule has 3 rings (SSSR count). The molecular weight excluding hydrogens is 250 g/mol. The molecule has 3 aromatic rings. The van der Waals surface area contributed by atoms with E-state index in [1.54, 1.807) is 12.1 Å². The molecule has 3 nitrogen and oxygen atoms in total. The largest absolute Gasteiger partial charge is 0.326 e. The van der Waals surface area contributed by atoms with Gasteiger partial charge in [0.25, 0.3) is 0 Å². The number of rotatable bonds is 1. The van der Waals surface area contributed by atoms with E-state index in [-0.39, 0.29) is 11.3 Å². The molecule has 0 saturated heterocycles. The minimum atomic E-state index is -0.128. The van der Waals surface area contributed by atoms with E-state index < -0.39 is 0 Å². The number of hydrogen-bond acceptors (Lipinski definition) is 2. The fourth-order valence-electron chi connectivity index (χ4n) is 2.36. The molecule has 0 atom stereocenters. The second-order valence-corrected chi connectivity index (χ2v) is 4.73. The highest BCUT2D eigenvalue weighted by molar-refractivity contribution is 5.96. The van der Waals surface area contributed by atoms with E-state index in [0.29, 0.717) is 16.5 Å². The summed E-state index contributed by atoms with van der Waals surface area (Å²) in [5.41, 5.74) is 0.703. The molecule has 1 amide bonds. The molecule has 0 fully saturated rings. The third-order valence-corrected chi connectivity index (χ3v) is 3.26. The van der Waals surface area contributed by atoms with Crippen molar-refractivity contribution in [3.63, 3.8) is 0 Å². The number of amides is 1. The fraction of sp³-hybridized carbons (Fsp3) is 0.0588. The molecule has 0 bridgehead atoms. The Bertz CT molecular complexity index is 884. The maximum atomic E-state index is 12.5. The van der Waals surface area contributed by atoms with Crippen LogP contribution in [0.15, 0.2) is 59.4 Å². The van der Waals surface area contributed by atoms with Crippen molar-refractivity contribution in [1.82, 2.24) is 0 Å². The summed E-state index contributed by atoms with van der Waals surface area (Å²) in [6.07, 6.45) is 0. The van der Waals surface area contributed by atoms with Crippen LogP contribution in [0.25, 0.3) is 21.5 Å². The molecular formula is C17H13NO2. The van der Waals surface area contributed by atoms with Gasteiger partial charge in [0.1, 0.15) is 0 Å². The maximum absolute atomic E-state index is 12.5. The minimum absolute atomic E-state index is 0.00924. The second kappa shape index (κ2) is 4.78. The smallest absolute Gasteiger partial charge is 0.221 e. The zero-order chi connectivity index (χ0) is 14.1. The van der Waals surface area contributed by atoms with Crippen LogP contribution in [-0.4, -0.2) is 5.91 Å². The summed E-state index contributed by atoms with van der Waals surface area (Å²) in [5, 5.41) is 5.81. The molecule has 98 valence electrons. The van der Waals surface area contributed by atoms with Crippen molar-refractivity contribution < 1.29 is 4.79 Å². The SMILES string of the molecule is CC(=O)Nc1ccc2c(=O)c3ccccc3ccc2c1. The lowest BCUT2D eigenvalue weighted by molar-refractivity contribution is -0.114. The predicted molar refractivity (Wildman–Crippen MR) is 82.0 cm³/mol. The van der Waals surface area contributed by atoms with Gasteiger partial charge in [-0.25, -0.2) is 0 Å². The second-order valence-electron chi connectivity index (χ2n) is 4.73. The highest BCUT2D eigenvalue weighted by atomic mass is 16.1. The van der Waals surface area contributed by atoms with Crippen LogP contribution in [0.5, 0.6) is 0 Å². The van der Waals surface area contributed by atoms with Crippen molar-refractivity contribution in [2.75, 3.05) is 5.32 Å². The number of carbonyl (C=O) groups is 1. The highest BCUT2D eigenvalue weighted by Gasteiger charge is 2.03. The number of benzene rings is 2. The summed E-state index contributed by atoms with van der Waals surface area (Å²) in [7, 11) is 0. The average molecular weight is 263 g/mol. The Kier molecular flexibility index (Phi) is 2.95. The summed E-state index contributed by atoms with van der Waals surface area (Å²) in [6.45, 7) is 1.46. The Labute approximate surface area is 115 Å². The molecule has 0 aliphatic carbocycles. The molecule has 0 aliphatic rings.